The SMILES string of the molecule is c1ccc(-c2nc3ccccc3n2-c2ccc(-n3c4ccccc4c4c3ccc3c5ccccc5n(-c5ccc6ccccc6c5)c34)cc2)cc1. The zero-order valence-electron chi connectivity index (χ0n) is 27.6. The first-order chi connectivity index (χ1) is 25.3. The second kappa shape index (κ2) is 10.8. The van der Waals surface area contributed by atoms with E-state index in [0.29, 0.717) is 0 Å². The van der Waals surface area contributed by atoms with E-state index in [1.165, 1.54) is 54.4 Å². The van der Waals surface area contributed by atoms with E-state index in [-0.39, 0.29) is 0 Å². The van der Waals surface area contributed by atoms with Gasteiger partial charge in [0.25, 0.3) is 0 Å². The van der Waals surface area contributed by atoms with Gasteiger partial charge in [-0.2, -0.15) is 0 Å². The van der Waals surface area contributed by atoms with Gasteiger partial charge >= 0.3 is 0 Å². The summed E-state index contributed by atoms with van der Waals surface area (Å²) in [4.78, 5) is 5.07. The van der Waals surface area contributed by atoms with Crippen LogP contribution in [0.1, 0.15) is 0 Å². The van der Waals surface area contributed by atoms with Gasteiger partial charge in [0.15, 0.2) is 0 Å². The smallest absolute Gasteiger partial charge is 0.145 e. The highest BCUT2D eigenvalue weighted by Crippen LogP contribution is 2.42. The molecule has 0 atom stereocenters. The first kappa shape index (κ1) is 28.0. The molecule has 0 aliphatic heterocycles. The third-order valence-electron chi connectivity index (χ3n) is 10.4. The third-order valence-corrected chi connectivity index (χ3v) is 10.4. The molecule has 0 amide bonds. The Balaban J connectivity index is 1.16. The standard InChI is InChI=1S/C47H30N4/c1-2-13-32(14-3-1)47-48-40-18-8-11-21-43(40)51(47)35-26-24-34(25-27-35)49-42-20-10-7-17-39(42)45-44(49)29-28-38-37-16-6-9-19-41(37)50(46(38)45)36-23-22-31-12-4-5-15-33(31)30-36/h1-30H. The highest BCUT2D eigenvalue weighted by atomic mass is 15.1. The second-order valence-electron chi connectivity index (χ2n) is 13.2. The van der Waals surface area contributed by atoms with Crippen molar-refractivity contribution < 1.29 is 0 Å². The molecule has 0 spiro atoms. The lowest BCUT2D eigenvalue weighted by Crippen LogP contribution is -1.99. The predicted octanol–water partition coefficient (Wildman–Crippen LogP) is 12.0. The second-order valence-corrected chi connectivity index (χ2v) is 13.2. The molecule has 0 aliphatic carbocycles. The van der Waals surface area contributed by atoms with Gasteiger partial charge in [-0.25, -0.2) is 4.98 Å². The van der Waals surface area contributed by atoms with Crippen LogP contribution in [0.5, 0.6) is 0 Å². The van der Waals surface area contributed by atoms with Crippen molar-refractivity contribution in [1.82, 2.24) is 18.7 Å². The van der Waals surface area contributed by atoms with Gasteiger partial charge in [0.05, 0.1) is 33.1 Å². The average Bonchev–Trinajstić information content (AvgIpc) is 3.86. The van der Waals surface area contributed by atoms with Gasteiger partial charge in [-0.05, 0) is 77.5 Å². The highest BCUT2D eigenvalue weighted by Gasteiger charge is 2.21. The zero-order valence-corrected chi connectivity index (χ0v) is 27.6. The zero-order chi connectivity index (χ0) is 33.5. The van der Waals surface area contributed by atoms with E-state index in [9.17, 15) is 0 Å². The highest BCUT2D eigenvalue weighted by molar-refractivity contribution is 6.26. The van der Waals surface area contributed by atoms with Gasteiger partial charge in [-0.3, -0.25) is 4.57 Å². The largest absolute Gasteiger partial charge is 0.309 e. The molecule has 0 aliphatic rings. The van der Waals surface area contributed by atoms with Gasteiger partial charge in [-0.1, -0.05) is 115 Å². The number of hydrogen-bond acceptors (Lipinski definition) is 1. The maximum absolute atomic E-state index is 5.07. The topological polar surface area (TPSA) is 27.7 Å². The Morgan fingerprint density at radius 2 is 0.961 bits per heavy atom. The number of imidazole rings is 1. The Bertz CT molecular complexity index is 3120. The van der Waals surface area contributed by atoms with E-state index in [1.807, 2.05) is 6.07 Å². The maximum Gasteiger partial charge on any atom is 0.145 e. The van der Waals surface area contributed by atoms with E-state index in [2.05, 4.69) is 190 Å². The lowest BCUT2D eigenvalue weighted by Gasteiger charge is -2.13. The number of hydrogen-bond donors (Lipinski definition) is 0. The quantitative estimate of drug-likeness (QED) is 0.186. The molecule has 51 heavy (non-hydrogen) atoms. The van der Waals surface area contributed by atoms with Crippen LogP contribution in [0.25, 0.3) is 93.9 Å². The Morgan fingerprint density at radius 1 is 0.353 bits per heavy atom. The monoisotopic (exact) mass is 650 g/mol. The van der Waals surface area contributed by atoms with E-state index in [0.717, 1.165) is 39.5 Å². The minimum absolute atomic E-state index is 0.935. The Labute approximate surface area is 293 Å². The van der Waals surface area contributed by atoms with Crippen LogP contribution in [0.2, 0.25) is 0 Å². The van der Waals surface area contributed by atoms with Crippen LogP contribution in [-0.4, -0.2) is 18.7 Å². The van der Waals surface area contributed by atoms with Crippen molar-refractivity contribution in [3.05, 3.63) is 182 Å². The predicted molar refractivity (Wildman–Crippen MR) is 213 cm³/mol. The van der Waals surface area contributed by atoms with Gasteiger partial charge in [-0.15, -0.1) is 0 Å². The van der Waals surface area contributed by atoms with Crippen molar-refractivity contribution in [1.29, 1.82) is 0 Å². The third kappa shape index (κ3) is 4.11. The van der Waals surface area contributed by atoms with E-state index in [4.69, 9.17) is 4.98 Å². The summed E-state index contributed by atoms with van der Waals surface area (Å²) in [6.45, 7) is 0. The summed E-state index contributed by atoms with van der Waals surface area (Å²) < 4.78 is 7.15. The molecule has 0 unspecified atom stereocenters. The number of nitrogens with zero attached hydrogens (tertiary/aromatic N) is 4. The van der Waals surface area contributed by atoms with Crippen molar-refractivity contribution >= 4 is 65.4 Å². The normalized spacial score (nSPS) is 11.9. The molecular weight excluding hydrogens is 621 g/mol. The molecule has 3 heterocycles. The molecule has 4 heteroatoms. The maximum atomic E-state index is 5.07. The fourth-order valence-corrected chi connectivity index (χ4v) is 8.19. The van der Waals surface area contributed by atoms with E-state index < -0.39 is 0 Å². The number of fused-ring (bicyclic) bond motifs is 9. The van der Waals surface area contributed by atoms with Crippen molar-refractivity contribution in [2.24, 2.45) is 0 Å². The molecule has 0 N–H and O–H groups in total. The molecule has 0 bridgehead atoms. The van der Waals surface area contributed by atoms with Crippen LogP contribution < -0.4 is 0 Å². The molecule has 0 fully saturated rings. The summed E-state index contributed by atoms with van der Waals surface area (Å²) in [7, 11) is 0. The molecule has 11 aromatic rings. The van der Waals surface area contributed by atoms with Crippen LogP contribution in [0.3, 0.4) is 0 Å². The van der Waals surface area contributed by atoms with E-state index in [1.54, 1.807) is 0 Å². The molecule has 0 saturated heterocycles. The summed E-state index contributed by atoms with van der Waals surface area (Å²) in [5, 5.41) is 7.47. The summed E-state index contributed by atoms with van der Waals surface area (Å²) in [6.07, 6.45) is 0. The van der Waals surface area contributed by atoms with Crippen LogP contribution in [0.15, 0.2) is 182 Å². The average molecular weight is 651 g/mol. The minimum Gasteiger partial charge on any atom is -0.309 e. The Hall–Kier alpha value is -6.91. The Morgan fingerprint density at radius 3 is 1.76 bits per heavy atom. The van der Waals surface area contributed by atoms with Crippen LogP contribution in [-0.2, 0) is 0 Å². The molecular formula is C47H30N4. The van der Waals surface area contributed by atoms with Crippen LogP contribution in [0, 0.1) is 0 Å². The molecule has 4 nitrogen and oxygen atoms in total. The molecule has 238 valence electrons. The van der Waals surface area contributed by atoms with Crippen LogP contribution in [0.4, 0.5) is 0 Å². The summed E-state index contributed by atoms with van der Waals surface area (Å²) in [5.74, 6) is 0.935. The van der Waals surface area contributed by atoms with Crippen molar-refractivity contribution in [2.45, 2.75) is 0 Å². The summed E-state index contributed by atoms with van der Waals surface area (Å²) in [5.41, 5.74) is 11.3. The molecule has 11 rings (SSSR count). The van der Waals surface area contributed by atoms with Gasteiger partial charge in [0.1, 0.15) is 5.82 Å². The van der Waals surface area contributed by atoms with Crippen molar-refractivity contribution in [3.63, 3.8) is 0 Å². The Kier molecular flexibility index (Phi) is 5.92. The summed E-state index contributed by atoms with van der Waals surface area (Å²) >= 11 is 0. The first-order valence-electron chi connectivity index (χ1n) is 17.4. The minimum atomic E-state index is 0.935. The van der Waals surface area contributed by atoms with Crippen molar-refractivity contribution in [2.75, 3.05) is 0 Å². The number of benzene rings is 8. The number of aromatic nitrogens is 4. The molecule has 0 radical (unpaired) electrons. The van der Waals surface area contributed by atoms with E-state index >= 15 is 0 Å². The number of para-hydroxylation sites is 4. The first-order valence-corrected chi connectivity index (χ1v) is 17.4. The molecule has 3 aromatic heterocycles. The lowest BCUT2D eigenvalue weighted by atomic mass is 10.1. The lowest BCUT2D eigenvalue weighted by molar-refractivity contribution is 1.09. The summed E-state index contributed by atoms with van der Waals surface area (Å²) in [6, 6.07) is 65.4. The van der Waals surface area contributed by atoms with Gasteiger partial charge in [0.2, 0.25) is 0 Å². The number of rotatable bonds is 4. The molecule has 8 aromatic carbocycles. The molecule has 0 saturated carbocycles. The fraction of sp³-hybridized carbons (Fsp3) is 0. The van der Waals surface area contributed by atoms with Crippen molar-refractivity contribution in [3.8, 4) is 28.5 Å². The fourth-order valence-electron chi connectivity index (χ4n) is 8.19. The van der Waals surface area contributed by atoms with Crippen LogP contribution >= 0.6 is 0 Å². The van der Waals surface area contributed by atoms with Gasteiger partial charge < -0.3 is 9.13 Å². The van der Waals surface area contributed by atoms with Gasteiger partial charge in [0, 0.05) is 44.2 Å².